The molecule has 1 rings (SSSR count). The fourth-order valence-corrected chi connectivity index (χ4v) is 1.30. The predicted molar refractivity (Wildman–Crippen MR) is 48.9 cm³/mol. The van der Waals surface area contributed by atoms with E-state index in [4.69, 9.17) is 0 Å². The molecular formula is C9H18N2O. The van der Waals surface area contributed by atoms with E-state index in [2.05, 4.69) is 17.6 Å². The van der Waals surface area contributed by atoms with Gasteiger partial charge in [0, 0.05) is 19.0 Å². The van der Waals surface area contributed by atoms with E-state index in [-0.39, 0.29) is 11.8 Å². The Kier molecular flexibility index (Phi) is 3.53. The minimum absolute atomic E-state index is 0.176. The van der Waals surface area contributed by atoms with Crippen LogP contribution in [0.5, 0.6) is 0 Å². The summed E-state index contributed by atoms with van der Waals surface area (Å²) in [4.78, 5) is 11.4. The van der Waals surface area contributed by atoms with E-state index < -0.39 is 0 Å². The van der Waals surface area contributed by atoms with Crippen molar-refractivity contribution in [3.63, 3.8) is 0 Å². The van der Waals surface area contributed by atoms with Crippen LogP contribution in [-0.2, 0) is 4.79 Å². The van der Waals surface area contributed by atoms with Crippen LogP contribution in [0.3, 0.4) is 0 Å². The molecule has 3 heteroatoms. The van der Waals surface area contributed by atoms with Crippen molar-refractivity contribution in [3.05, 3.63) is 0 Å². The summed E-state index contributed by atoms with van der Waals surface area (Å²) in [6.45, 7) is 5.97. The molecule has 2 N–H and O–H groups in total. The molecule has 0 aliphatic carbocycles. The first kappa shape index (κ1) is 9.52. The van der Waals surface area contributed by atoms with Crippen LogP contribution in [-0.4, -0.2) is 25.0 Å². The summed E-state index contributed by atoms with van der Waals surface area (Å²) in [5.74, 6) is 0.388. The molecule has 1 fully saturated rings. The van der Waals surface area contributed by atoms with Crippen molar-refractivity contribution in [1.82, 2.24) is 10.6 Å². The first-order valence-electron chi connectivity index (χ1n) is 4.75. The maximum Gasteiger partial charge on any atom is 0.223 e. The second-order valence-electron chi connectivity index (χ2n) is 3.55. The zero-order valence-corrected chi connectivity index (χ0v) is 7.89. The van der Waals surface area contributed by atoms with Gasteiger partial charge in [-0.25, -0.2) is 0 Å². The van der Waals surface area contributed by atoms with Crippen molar-refractivity contribution in [3.8, 4) is 0 Å². The van der Waals surface area contributed by atoms with Crippen molar-refractivity contribution in [2.24, 2.45) is 5.92 Å². The number of carbonyl (C=O) groups excluding carboxylic acids is 1. The third-order valence-electron chi connectivity index (χ3n) is 2.30. The Bertz CT molecular complexity index is 155. The van der Waals surface area contributed by atoms with E-state index in [0.717, 1.165) is 25.9 Å². The molecular weight excluding hydrogens is 152 g/mol. The minimum atomic E-state index is 0.176. The van der Waals surface area contributed by atoms with Crippen LogP contribution in [0.25, 0.3) is 0 Å². The lowest BCUT2D eigenvalue weighted by Gasteiger charge is -2.29. The Morgan fingerprint density at radius 1 is 1.67 bits per heavy atom. The van der Waals surface area contributed by atoms with Gasteiger partial charge in [-0.1, -0.05) is 20.3 Å². The molecule has 3 nitrogen and oxygen atoms in total. The van der Waals surface area contributed by atoms with Crippen LogP contribution < -0.4 is 10.6 Å². The van der Waals surface area contributed by atoms with Crippen molar-refractivity contribution in [2.75, 3.05) is 13.1 Å². The van der Waals surface area contributed by atoms with Crippen LogP contribution in [0.15, 0.2) is 0 Å². The molecule has 0 bridgehead atoms. The summed E-state index contributed by atoms with van der Waals surface area (Å²) in [6.07, 6.45) is 2.07. The molecule has 12 heavy (non-hydrogen) atoms. The number of rotatable bonds is 4. The summed E-state index contributed by atoms with van der Waals surface area (Å²) < 4.78 is 0. The fourth-order valence-electron chi connectivity index (χ4n) is 1.30. The minimum Gasteiger partial charge on any atom is -0.351 e. The Morgan fingerprint density at radius 2 is 2.33 bits per heavy atom. The van der Waals surface area contributed by atoms with Crippen molar-refractivity contribution in [2.45, 2.75) is 32.7 Å². The molecule has 0 spiro atoms. The molecule has 0 aromatic carbocycles. The van der Waals surface area contributed by atoms with Gasteiger partial charge in [0.25, 0.3) is 0 Å². The Morgan fingerprint density at radius 3 is 2.75 bits per heavy atom. The highest BCUT2D eigenvalue weighted by molar-refractivity contribution is 5.78. The molecule has 0 aromatic rings. The number of carbonyl (C=O) groups is 1. The third kappa shape index (κ3) is 2.48. The average Bonchev–Trinajstić information content (AvgIpc) is 1.97. The zero-order chi connectivity index (χ0) is 8.97. The van der Waals surface area contributed by atoms with E-state index in [1.807, 2.05) is 6.92 Å². The molecule has 0 saturated carbocycles. The van der Waals surface area contributed by atoms with Gasteiger partial charge in [-0.15, -0.1) is 0 Å². The lowest BCUT2D eigenvalue weighted by molar-refractivity contribution is -0.125. The normalized spacial score (nSPS) is 19.8. The maximum atomic E-state index is 11.4. The lowest BCUT2D eigenvalue weighted by Crippen LogP contribution is -2.57. The van der Waals surface area contributed by atoms with Gasteiger partial charge in [0.1, 0.15) is 0 Å². The van der Waals surface area contributed by atoms with E-state index >= 15 is 0 Å². The first-order chi connectivity index (χ1) is 5.74. The summed E-state index contributed by atoms with van der Waals surface area (Å²) in [7, 11) is 0. The third-order valence-corrected chi connectivity index (χ3v) is 2.30. The molecule has 1 aliphatic heterocycles. The average molecular weight is 170 g/mol. The topological polar surface area (TPSA) is 41.1 Å². The number of amides is 1. The molecule has 0 aromatic heterocycles. The quantitative estimate of drug-likeness (QED) is 0.645. The SMILES string of the molecule is CCCC(C)C(=O)NC1CNC1. The number of hydrogen-bond donors (Lipinski definition) is 2. The molecule has 1 unspecified atom stereocenters. The molecule has 1 amide bonds. The second kappa shape index (κ2) is 4.45. The molecule has 0 radical (unpaired) electrons. The smallest absolute Gasteiger partial charge is 0.223 e. The molecule has 70 valence electrons. The highest BCUT2D eigenvalue weighted by Gasteiger charge is 2.21. The predicted octanol–water partition coefficient (Wildman–Crippen LogP) is 0.511. The van der Waals surface area contributed by atoms with E-state index in [1.165, 1.54) is 0 Å². The van der Waals surface area contributed by atoms with Gasteiger partial charge < -0.3 is 10.6 Å². The van der Waals surface area contributed by atoms with E-state index in [1.54, 1.807) is 0 Å². The Labute approximate surface area is 73.9 Å². The highest BCUT2D eigenvalue weighted by Crippen LogP contribution is 2.05. The monoisotopic (exact) mass is 170 g/mol. The van der Waals surface area contributed by atoms with Gasteiger partial charge in [0.15, 0.2) is 0 Å². The molecule has 1 aliphatic rings. The highest BCUT2D eigenvalue weighted by atomic mass is 16.1. The van der Waals surface area contributed by atoms with Crippen LogP contribution >= 0.6 is 0 Å². The van der Waals surface area contributed by atoms with Crippen molar-refractivity contribution >= 4 is 5.91 Å². The van der Waals surface area contributed by atoms with Crippen LogP contribution in [0.1, 0.15) is 26.7 Å². The Hall–Kier alpha value is -0.570. The van der Waals surface area contributed by atoms with Crippen molar-refractivity contribution < 1.29 is 4.79 Å². The lowest BCUT2D eigenvalue weighted by atomic mass is 10.0. The van der Waals surface area contributed by atoms with E-state index in [0.29, 0.717) is 6.04 Å². The van der Waals surface area contributed by atoms with Crippen LogP contribution in [0.2, 0.25) is 0 Å². The van der Waals surface area contributed by atoms with E-state index in [9.17, 15) is 4.79 Å². The fraction of sp³-hybridized carbons (Fsp3) is 0.889. The first-order valence-corrected chi connectivity index (χ1v) is 4.75. The van der Waals surface area contributed by atoms with Crippen LogP contribution in [0, 0.1) is 5.92 Å². The second-order valence-corrected chi connectivity index (χ2v) is 3.55. The van der Waals surface area contributed by atoms with Crippen LogP contribution in [0.4, 0.5) is 0 Å². The number of nitrogens with one attached hydrogen (secondary N) is 2. The number of hydrogen-bond acceptors (Lipinski definition) is 2. The summed E-state index contributed by atoms with van der Waals surface area (Å²) in [5.41, 5.74) is 0. The zero-order valence-electron chi connectivity index (χ0n) is 7.89. The summed E-state index contributed by atoms with van der Waals surface area (Å²) in [5, 5.41) is 6.12. The van der Waals surface area contributed by atoms with Gasteiger partial charge in [-0.05, 0) is 6.42 Å². The summed E-state index contributed by atoms with van der Waals surface area (Å²) in [6, 6.07) is 0.386. The van der Waals surface area contributed by atoms with Gasteiger partial charge in [-0.3, -0.25) is 4.79 Å². The maximum absolute atomic E-state index is 11.4. The summed E-state index contributed by atoms with van der Waals surface area (Å²) >= 11 is 0. The van der Waals surface area contributed by atoms with Gasteiger partial charge >= 0.3 is 0 Å². The van der Waals surface area contributed by atoms with Gasteiger partial charge in [0.2, 0.25) is 5.91 Å². The van der Waals surface area contributed by atoms with Gasteiger partial charge in [-0.2, -0.15) is 0 Å². The van der Waals surface area contributed by atoms with Crippen molar-refractivity contribution in [1.29, 1.82) is 0 Å². The molecule has 1 atom stereocenters. The standard InChI is InChI=1S/C9H18N2O/c1-3-4-7(2)9(12)11-8-5-10-6-8/h7-8,10H,3-6H2,1-2H3,(H,11,12). The molecule has 1 heterocycles. The Balaban J connectivity index is 2.16. The molecule has 1 saturated heterocycles. The largest absolute Gasteiger partial charge is 0.351 e. The van der Waals surface area contributed by atoms with Gasteiger partial charge in [0.05, 0.1) is 6.04 Å².